The third-order valence-corrected chi connectivity index (χ3v) is 5.19. The molecule has 0 radical (unpaired) electrons. The molecule has 0 saturated carbocycles. The van der Waals surface area contributed by atoms with Crippen LogP contribution in [0.2, 0.25) is 0 Å². The highest BCUT2D eigenvalue weighted by molar-refractivity contribution is 7.14. The molecule has 1 N–H and O–H groups in total. The smallest absolute Gasteiger partial charge is 0.262 e. The Morgan fingerprint density at radius 1 is 1.16 bits per heavy atom. The van der Waals surface area contributed by atoms with Crippen LogP contribution in [-0.4, -0.2) is 12.5 Å². The van der Waals surface area contributed by atoms with Crippen LogP contribution in [0.25, 0.3) is 11.0 Å². The number of carbonyl (C=O) groups is 1. The van der Waals surface area contributed by atoms with Crippen molar-refractivity contribution in [3.63, 3.8) is 0 Å². The number of para-hydroxylation sites is 1. The molecule has 0 atom stereocenters. The number of nitrogens with zero attached hydrogens (tertiary/aromatic N) is 1. The Morgan fingerprint density at radius 3 is 2.74 bits per heavy atom. The number of rotatable bonds is 6. The van der Waals surface area contributed by atoms with E-state index in [9.17, 15) is 9.59 Å². The first kappa shape index (κ1) is 20.2. The van der Waals surface area contributed by atoms with E-state index in [4.69, 9.17) is 19.2 Å². The minimum absolute atomic E-state index is 0.121. The molecule has 0 spiro atoms. The summed E-state index contributed by atoms with van der Waals surface area (Å²) in [5.74, 6) is 0.958. The maximum absolute atomic E-state index is 12.9. The van der Waals surface area contributed by atoms with Crippen molar-refractivity contribution in [3.8, 4) is 23.3 Å². The first-order valence-corrected chi connectivity index (χ1v) is 10.1. The van der Waals surface area contributed by atoms with E-state index in [2.05, 4.69) is 5.32 Å². The summed E-state index contributed by atoms with van der Waals surface area (Å²) in [6, 6.07) is 17.3. The number of nitrogens with one attached hydrogen (secondary N) is 1. The fraction of sp³-hybridized carbons (Fsp3) is 0.0870. The fourth-order valence-electron chi connectivity index (χ4n) is 2.89. The molecule has 1 amide bonds. The van der Waals surface area contributed by atoms with Crippen LogP contribution in [0.4, 0.5) is 5.00 Å². The SMILES string of the molecule is Cc1oc2cc(OCC(=O)Nc3sccc3C#N)ccc2c(=O)c1Oc1ccccc1. The molecule has 2 aromatic carbocycles. The number of thiophene rings is 1. The lowest BCUT2D eigenvalue weighted by Crippen LogP contribution is -2.20. The van der Waals surface area contributed by atoms with Crippen LogP contribution in [0, 0.1) is 18.3 Å². The van der Waals surface area contributed by atoms with Gasteiger partial charge in [0.05, 0.1) is 10.9 Å². The second-order valence-electron chi connectivity index (χ2n) is 6.50. The molecule has 0 aliphatic rings. The zero-order chi connectivity index (χ0) is 21.8. The van der Waals surface area contributed by atoms with Crippen LogP contribution in [0.15, 0.2) is 69.2 Å². The van der Waals surface area contributed by atoms with Gasteiger partial charge in [0, 0.05) is 6.07 Å². The number of benzene rings is 2. The molecular formula is C23H16N2O5S. The lowest BCUT2D eigenvalue weighted by Gasteiger charge is -2.10. The Balaban J connectivity index is 1.50. The zero-order valence-corrected chi connectivity index (χ0v) is 17.2. The van der Waals surface area contributed by atoms with E-state index in [1.165, 1.54) is 11.3 Å². The van der Waals surface area contributed by atoms with Crippen molar-refractivity contribution in [2.45, 2.75) is 6.92 Å². The number of hydrogen-bond acceptors (Lipinski definition) is 7. The van der Waals surface area contributed by atoms with Crippen molar-refractivity contribution in [3.05, 3.63) is 81.5 Å². The van der Waals surface area contributed by atoms with Crippen molar-refractivity contribution < 1.29 is 18.7 Å². The molecule has 4 aromatic rings. The number of nitriles is 1. The van der Waals surface area contributed by atoms with Crippen LogP contribution in [0.3, 0.4) is 0 Å². The molecule has 0 saturated heterocycles. The van der Waals surface area contributed by atoms with Crippen LogP contribution in [0.1, 0.15) is 11.3 Å². The molecule has 8 heteroatoms. The Labute approximate surface area is 181 Å². The highest BCUT2D eigenvalue weighted by Gasteiger charge is 2.15. The topological polar surface area (TPSA) is 102 Å². The maximum Gasteiger partial charge on any atom is 0.262 e. The molecular weight excluding hydrogens is 416 g/mol. The molecule has 0 fully saturated rings. The lowest BCUT2D eigenvalue weighted by atomic mass is 10.2. The van der Waals surface area contributed by atoms with Gasteiger partial charge in [0.2, 0.25) is 11.2 Å². The molecule has 0 unspecified atom stereocenters. The second kappa shape index (κ2) is 8.73. The number of anilines is 1. The van der Waals surface area contributed by atoms with Gasteiger partial charge in [-0.15, -0.1) is 11.3 Å². The number of amides is 1. The summed E-state index contributed by atoms with van der Waals surface area (Å²) >= 11 is 1.26. The third kappa shape index (κ3) is 4.42. The van der Waals surface area contributed by atoms with Crippen molar-refractivity contribution in [2.24, 2.45) is 0 Å². The first-order valence-electron chi connectivity index (χ1n) is 9.26. The molecule has 7 nitrogen and oxygen atoms in total. The number of aryl methyl sites for hydroxylation is 1. The van der Waals surface area contributed by atoms with Gasteiger partial charge in [-0.05, 0) is 42.6 Å². The van der Waals surface area contributed by atoms with Crippen LogP contribution in [-0.2, 0) is 4.79 Å². The van der Waals surface area contributed by atoms with Crippen LogP contribution >= 0.6 is 11.3 Å². The summed E-state index contributed by atoms with van der Waals surface area (Å²) in [5.41, 5.74) is 0.425. The first-order chi connectivity index (χ1) is 15.0. The number of fused-ring (bicyclic) bond motifs is 1. The van der Waals surface area contributed by atoms with Crippen molar-refractivity contribution >= 4 is 33.2 Å². The molecule has 4 rings (SSSR count). The van der Waals surface area contributed by atoms with Crippen molar-refractivity contribution in [1.29, 1.82) is 5.26 Å². The summed E-state index contributed by atoms with van der Waals surface area (Å²) in [4.78, 5) is 25.0. The van der Waals surface area contributed by atoms with Gasteiger partial charge in [0.15, 0.2) is 6.61 Å². The van der Waals surface area contributed by atoms with Crippen molar-refractivity contribution in [1.82, 2.24) is 0 Å². The summed E-state index contributed by atoms with van der Waals surface area (Å²) in [7, 11) is 0. The van der Waals surface area contributed by atoms with Gasteiger partial charge in [0.25, 0.3) is 5.91 Å². The molecule has 0 aliphatic carbocycles. The van der Waals surface area contributed by atoms with Gasteiger partial charge in [-0.25, -0.2) is 0 Å². The van der Waals surface area contributed by atoms with E-state index < -0.39 is 5.91 Å². The van der Waals surface area contributed by atoms with Gasteiger partial charge in [-0.2, -0.15) is 5.26 Å². The van der Waals surface area contributed by atoms with Gasteiger partial charge >= 0.3 is 0 Å². The molecule has 31 heavy (non-hydrogen) atoms. The number of hydrogen-bond donors (Lipinski definition) is 1. The van der Waals surface area contributed by atoms with E-state index >= 15 is 0 Å². The summed E-state index contributed by atoms with van der Waals surface area (Å²) in [5, 5.41) is 14.2. The van der Waals surface area contributed by atoms with Gasteiger partial charge < -0.3 is 19.2 Å². The molecule has 2 aromatic heterocycles. The van der Waals surface area contributed by atoms with E-state index in [0.29, 0.717) is 38.8 Å². The lowest BCUT2D eigenvalue weighted by molar-refractivity contribution is -0.118. The number of carbonyl (C=O) groups excluding carboxylic acids is 1. The molecule has 2 heterocycles. The van der Waals surface area contributed by atoms with Gasteiger partial charge in [-0.1, -0.05) is 18.2 Å². The fourth-order valence-corrected chi connectivity index (χ4v) is 3.64. The Kier molecular flexibility index (Phi) is 5.69. The summed E-state index contributed by atoms with van der Waals surface area (Å²) in [6.07, 6.45) is 0. The minimum Gasteiger partial charge on any atom is -0.484 e. The molecule has 0 bridgehead atoms. The van der Waals surface area contributed by atoms with E-state index in [1.54, 1.807) is 48.7 Å². The molecule has 0 aliphatic heterocycles. The third-order valence-electron chi connectivity index (χ3n) is 4.36. The van der Waals surface area contributed by atoms with Crippen molar-refractivity contribution in [2.75, 3.05) is 11.9 Å². The van der Waals surface area contributed by atoms with Gasteiger partial charge in [0.1, 0.15) is 33.9 Å². The summed E-state index contributed by atoms with van der Waals surface area (Å²) in [6.45, 7) is 1.39. The molecule has 154 valence electrons. The Morgan fingerprint density at radius 2 is 1.97 bits per heavy atom. The Bertz CT molecular complexity index is 1350. The largest absolute Gasteiger partial charge is 0.484 e. The predicted octanol–water partition coefficient (Wildman–Crippen LogP) is 4.84. The monoisotopic (exact) mass is 432 g/mol. The highest BCUT2D eigenvalue weighted by atomic mass is 32.1. The van der Waals surface area contributed by atoms with Gasteiger partial charge in [-0.3, -0.25) is 9.59 Å². The Hall–Kier alpha value is -4.09. The average Bonchev–Trinajstić information content (AvgIpc) is 3.22. The normalized spacial score (nSPS) is 10.5. The van der Waals surface area contributed by atoms with Crippen LogP contribution in [0.5, 0.6) is 17.2 Å². The standard InChI is InChI=1S/C23H16N2O5S/c1-14-22(30-16-5-3-2-4-6-16)21(27)18-8-7-17(11-19(18)29-14)28-13-20(26)25-23-15(12-24)9-10-31-23/h2-11H,13H2,1H3,(H,25,26). The predicted molar refractivity (Wildman–Crippen MR) is 117 cm³/mol. The quantitative estimate of drug-likeness (QED) is 0.468. The summed E-state index contributed by atoms with van der Waals surface area (Å²) < 4.78 is 17.0. The highest BCUT2D eigenvalue weighted by Crippen LogP contribution is 2.27. The second-order valence-corrected chi connectivity index (χ2v) is 7.42. The van der Waals surface area contributed by atoms with E-state index in [0.717, 1.165) is 0 Å². The van der Waals surface area contributed by atoms with E-state index in [1.807, 2.05) is 24.3 Å². The zero-order valence-electron chi connectivity index (χ0n) is 16.4. The van der Waals surface area contributed by atoms with E-state index in [-0.39, 0.29) is 17.8 Å². The van der Waals surface area contributed by atoms with Crippen LogP contribution < -0.4 is 20.2 Å². The maximum atomic E-state index is 12.9. The average molecular weight is 432 g/mol. The number of ether oxygens (including phenoxy) is 2. The minimum atomic E-state index is -0.400.